The van der Waals surface area contributed by atoms with Gasteiger partial charge in [0, 0.05) is 16.8 Å². The van der Waals surface area contributed by atoms with E-state index in [1.807, 2.05) is 6.92 Å². The second-order valence-electron chi connectivity index (χ2n) is 6.22. The predicted octanol–water partition coefficient (Wildman–Crippen LogP) is 4.37. The molecule has 150 valence electrons. The van der Waals surface area contributed by atoms with Gasteiger partial charge in [0.15, 0.2) is 0 Å². The number of furan rings is 1. The van der Waals surface area contributed by atoms with Gasteiger partial charge in [0.05, 0.1) is 11.4 Å². The van der Waals surface area contributed by atoms with Crippen LogP contribution in [0.5, 0.6) is 0 Å². The normalized spacial score (nSPS) is 11.7. The van der Waals surface area contributed by atoms with Crippen molar-refractivity contribution in [1.82, 2.24) is 4.72 Å². The maximum atomic E-state index is 12.2. The number of sulfonamides is 1. The van der Waals surface area contributed by atoms with E-state index < -0.39 is 10.0 Å². The van der Waals surface area contributed by atoms with Crippen LogP contribution in [0.15, 0.2) is 76.1 Å². The minimum atomic E-state index is -3.62. The number of hydrogen-bond donors (Lipinski definition) is 2. The van der Waals surface area contributed by atoms with E-state index >= 15 is 0 Å². The number of halogens is 1. The molecular formula is C21H19ClN2O4S. The van der Waals surface area contributed by atoms with Crippen LogP contribution in [0.3, 0.4) is 0 Å². The Bertz CT molecular complexity index is 1140. The van der Waals surface area contributed by atoms with E-state index in [1.165, 1.54) is 24.3 Å². The molecule has 1 aromatic heterocycles. The first-order valence-electron chi connectivity index (χ1n) is 8.72. The summed E-state index contributed by atoms with van der Waals surface area (Å²) in [6.45, 7) is 1.85. The number of anilines is 1. The summed E-state index contributed by atoms with van der Waals surface area (Å²) in [5.74, 6) is 0.540. The van der Waals surface area contributed by atoms with Crippen LogP contribution in [-0.4, -0.2) is 14.3 Å². The number of hydrogen-bond acceptors (Lipinski definition) is 4. The summed E-state index contributed by atoms with van der Waals surface area (Å²) in [4.78, 5) is 12.3. The number of amides is 1. The van der Waals surface area contributed by atoms with Crippen molar-refractivity contribution in [3.05, 3.63) is 88.8 Å². The first kappa shape index (κ1) is 20.9. The molecule has 3 aromatic rings. The summed E-state index contributed by atoms with van der Waals surface area (Å²) in [7, 11) is -3.62. The predicted molar refractivity (Wildman–Crippen MR) is 113 cm³/mol. The molecule has 0 aliphatic rings. The van der Waals surface area contributed by atoms with Crippen molar-refractivity contribution in [3.63, 3.8) is 0 Å². The molecule has 2 N–H and O–H groups in total. The number of carbonyl (C=O) groups excluding carboxylic acids is 1. The van der Waals surface area contributed by atoms with Gasteiger partial charge in [-0.15, -0.1) is 0 Å². The van der Waals surface area contributed by atoms with Crippen LogP contribution in [0.1, 0.15) is 17.1 Å². The Labute approximate surface area is 174 Å². The van der Waals surface area contributed by atoms with Gasteiger partial charge in [-0.1, -0.05) is 29.8 Å². The summed E-state index contributed by atoms with van der Waals surface area (Å²) in [5, 5.41) is 3.36. The third-order valence-electron chi connectivity index (χ3n) is 4.02. The van der Waals surface area contributed by atoms with Crippen LogP contribution in [-0.2, 0) is 21.4 Å². The van der Waals surface area contributed by atoms with Gasteiger partial charge in [-0.2, -0.15) is 0 Å². The lowest BCUT2D eigenvalue weighted by Crippen LogP contribution is -2.22. The number of aryl methyl sites for hydroxylation is 1. The summed E-state index contributed by atoms with van der Waals surface area (Å²) in [5.41, 5.74) is 1.52. The van der Waals surface area contributed by atoms with E-state index in [0.717, 1.165) is 5.56 Å². The average molecular weight is 431 g/mol. The van der Waals surface area contributed by atoms with E-state index in [9.17, 15) is 13.2 Å². The van der Waals surface area contributed by atoms with E-state index in [2.05, 4.69) is 10.0 Å². The van der Waals surface area contributed by atoms with Crippen LogP contribution in [0.4, 0.5) is 5.69 Å². The first-order chi connectivity index (χ1) is 13.8. The van der Waals surface area contributed by atoms with Crippen LogP contribution < -0.4 is 10.0 Å². The van der Waals surface area contributed by atoms with Crippen LogP contribution in [0.2, 0.25) is 5.02 Å². The number of nitrogens with one attached hydrogen (secondary N) is 2. The fraction of sp³-hybridized carbons (Fsp3) is 0.0952. The molecule has 0 aliphatic carbocycles. The van der Waals surface area contributed by atoms with Gasteiger partial charge in [0.25, 0.3) is 0 Å². The maximum absolute atomic E-state index is 12.2. The Kier molecular flexibility index (Phi) is 6.53. The molecule has 1 heterocycles. The molecule has 0 saturated carbocycles. The molecule has 2 aromatic carbocycles. The molecular weight excluding hydrogens is 412 g/mol. The second-order valence-corrected chi connectivity index (χ2v) is 8.43. The molecule has 0 saturated heterocycles. The Balaban J connectivity index is 1.57. The molecule has 6 nitrogen and oxygen atoms in total. The SMILES string of the molecule is Cc1cc(Cl)ccc1NC(=O)/C=C/c1ccc(CNS(=O)(=O)c2ccccc2)o1. The van der Waals surface area contributed by atoms with E-state index in [0.29, 0.717) is 22.2 Å². The monoisotopic (exact) mass is 430 g/mol. The van der Waals surface area contributed by atoms with E-state index in [-0.39, 0.29) is 17.3 Å². The van der Waals surface area contributed by atoms with Crippen molar-refractivity contribution >= 4 is 39.3 Å². The molecule has 0 radical (unpaired) electrons. The van der Waals surface area contributed by atoms with Crippen molar-refractivity contribution in [2.75, 3.05) is 5.32 Å². The van der Waals surface area contributed by atoms with Crippen molar-refractivity contribution in [1.29, 1.82) is 0 Å². The number of benzene rings is 2. The van der Waals surface area contributed by atoms with Crippen molar-refractivity contribution in [2.24, 2.45) is 0 Å². The van der Waals surface area contributed by atoms with Crippen molar-refractivity contribution < 1.29 is 17.6 Å². The first-order valence-corrected chi connectivity index (χ1v) is 10.6. The number of carbonyl (C=O) groups is 1. The van der Waals surface area contributed by atoms with Gasteiger partial charge in [-0.3, -0.25) is 4.79 Å². The highest BCUT2D eigenvalue weighted by Gasteiger charge is 2.13. The highest BCUT2D eigenvalue weighted by molar-refractivity contribution is 7.89. The molecule has 0 aliphatic heterocycles. The van der Waals surface area contributed by atoms with E-state index in [4.69, 9.17) is 16.0 Å². The van der Waals surface area contributed by atoms with Gasteiger partial charge in [-0.05, 0) is 61.0 Å². The van der Waals surface area contributed by atoms with Gasteiger partial charge in [0.2, 0.25) is 15.9 Å². The van der Waals surface area contributed by atoms with Crippen LogP contribution in [0.25, 0.3) is 6.08 Å². The zero-order valence-corrected chi connectivity index (χ0v) is 17.1. The lowest BCUT2D eigenvalue weighted by Gasteiger charge is -2.06. The molecule has 0 atom stereocenters. The largest absolute Gasteiger partial charge is 0.460 e. The molecule has 29 heavy (non-hydrogen) atoms. The fourth-order valence-electron chi connectivity index (χ4n) is 2.53. The zero-order chi connectivity index (χ0) is 20.9. The molecule has 0 bridgehead atoms. The van der Waals surface area contributed by atoms with Crippen molar-refractivity contribution in [3.8, 4) is 0 Å². The van der Waals surface area contributed by atoms with Gasteiger partial charge >= 0.3 is 0 Å². The topological polar surface area (TPSA) is 88.4 Å². The highest BCUT2D eigenvalue weighted by atomic mass is 35.5. The van der Waals surface area contributed by atoms with Crippen LogP contribution >= 0.6 is 11.6 Å². The molecule has 0 unspecified atom stereocenters. The summed E-state index contributed by atoms with van der Waals surface area (Å²) in [6, 6.07) is 16.6. The average Bonchev–Trinajstić information content (AvgIpc) is 3.16. The fourth-order valence-corrected chi connectivity index (χ4v) is 3.77. The molecule has 0 spiro atoms. The Morgan fingerprint density at radius 3 is 2.59 bits per heavy atom. The second kappa shape index (κ2) is 9.09. The third-order valence-corrected chi connectivity index (χ3v) is 5.67. The Hall–Kier alpha value is -2.87. The lowest BCUT2D eigenvalue weighted by molar-refractivity contribution is -0.111. The van der Waals surface area contributed by atoms with Gasteiger partial charge in [0.1, 0.15) is 11.5 Å². The maximum Gasteiger partial charge on any atom is 0.248 e. The third kappa shape index (κ3) is 5.80. The van der Waals surface area contributed by atoms with Gasteiger partial charge < -0.3 is 9.73 Å². The van der Waals surface area contributed by atoms with E-state index in [1.54, 1.807) is 48.5 Å². The summed E-state index contributed by atoms with van der Waals surface area (Å²) in [6.07, 6.45) is 2.85. The van der Waals surface area contributed by atoms with Gasteiger partial charge in [-0.25, -0.2) is 13.1 Å². The highest BCUT2D eigenvalue weighted by Crippen LogP contribution is 2.19. The lowest BCUT2D eigenvalue weighted by atomic mass is 10.2. The minimum Gasteiger partial charge on any atom is -0.460 e. The zero-order valence-electron chi connectivity index (χ0n) is 15.6. The summed E-state index contributed by atoms with van der Waals surface area (Å²) >= 11 is 5.90. The molecule has 3 rings (SSSR count). The number of rotatable bonds is 7. The molecule has 8 heteroatoms. The Morgan fingerprint density at radius 1 is 1.10 bits per heavy atom. The Morgan fingerprint density at radius 2 is 1.86 bits per heavy atom. The quantitative estimate of drug-likeness (QED) is 0.544. The summed E-state index contributed by atoms with van der Waals surface area (Å²) < 4.78 is 32.5. The van der Waals surface area contributed by atoms with Crippen LogP contribution in [0, 0.1) is 6.92 Å². The molecule has 0 fully saturated rings. The van der Waals surface area contributed by atoms with Crippen molar-refractivity contribution in [2.45, 2.75) is 18.4 Å². The minimum absolute atomic E-state index is 0.00122. The molecule has 1 amide bonds. The standard InChI is InChI=1S/C21H19ClN2O4S/c1-15-13-16(22)7-11-20(15)24-21(25)12-10-17-8-9-18(28-17)14-23-29(26,27)19-5-3-2-4-6-19/h2-13,23H,14H2,1H3,(H,24,25)/b12-10+. The smallest absolute Gasteiger partial charge is 0.248 e.